The Kier molecular flexibility index (Phi) is 3.57. The molecule has 0 unspecified atom stereocenters. The van der Waals surface area contributed by atoms with Crippen LogP contribution in [0.5, 0.6) is 0 Å². The first-order valence-corrected chi connectivity index (χ1v) is 5.01. The second-order valence-electron chi connectivity index (χ2n) is 3.05. The van der Waals surface area contributed by atoms with Gasteiger partial charge in [0.25, 0.3) is 0 Å². The molecule has 1 aromatic heterocycles. The quantitative estimate of drug-likeness (QED) is 0.730. The summed E-state index contributed by atoms with van der Waals surface area (Å²) in [5.41, 5.74) is 1.52. The van der Waals surface area contributed by atoms with Crippen LogP contribution in [0.25, 0.3) is 11.0 Å². The minimum Gasteiger partial charge on any atom is -0.334 e. The van der Waals surface area contributed by atoms with Crippen LogP contribution < -0.4 is 0 Å². The van der Waals surface area contributed by atoms with Crippen molar-refractivity contribution in [1.82, 2.24) is 9.97 Å². The topological polar surface area (TPSA) is 28.7 Å². The molecule has 1 heterocycles. The third kappa shape index (κ3) is 2.35. The first-order valence-electron chi connectivity index (χ1n) is 5.01. The third-order valence-electron chi connectivity index (χ3n) is 1.98. The smallest absolute Gasteiger partial charge is 0.334 e. The van der Waals surface area contributed by atoms with Crippen molar-refractivity contribution in [3.05, 3.63) is 29.6 Å². The van der Waals surface area contributed by atoms with Gasteiger partial charge in [0.1, 0.15) is 0 Å². The Morgan fingerprint density at radius 2 is 1.81 bits per heavy atom. The van der Waals surface area contributed by atoms with Crippen LogP contribution in [0.2, 0.25) is 0 Å². The van der Waals surface area contributed by atoms with Crippen LogP contribution in [-0.2, 0) is 6.18 Å². The molecular weight excluding hydrogens is 217 g/mol. The molecule has 0 saturated heterocycles. The van der Waals surface area contributed by atoms with Crippen LogP contribution in [-0.4, -0.2) is 9.97 Å². The second-order valence-corrected chi connectivity index (χ2v) is 3.05. The molecule has 0 aliphatic heterocycles. The van der Waals surface area contributed by atoms with Gasteiger partial charge in [-0.3, -0.25) is 0 Å². The summed E-state index contributed by atoms with van der Waals surface area (Å²) in [6.45, 7) is 5.73. The largest absolute Gasteiger partial charge is 0.449 e. The molecule has 0 bridgehead atoms. The van der Waals surface area contributed by atoms with Gasteiger partial charge in [0.2, 0.25) is 5.82 Å². The number of aromatic amines is 1. The average Bonchev–Trinajstić information content (AvgIpc) is 2.65. The number of aromatic nitrogens is 2. The molecule has 5 heteroatoms. The third-order valence-corrected chi connectivity index (χ3v) is 1.98. The van der Waals surface area contributed by atoms with Gasteiger partial charge in [0, 0.05) is 0 Å². The van der Waals surface area contributed by atoms with Gasteiger partial charge in [-0.05, 0) is 18.6 Å². The number of rotatable bonds is 0. The lowest BCUT2D eigenvalue weighted by Crippen LogP contribution is -2.06. The number of H-pyrrole nitrogens is 1. The molecule has 2 rings (SSSR count). The molecule has 2 aromatic rings. The van der Waals surface area contributed by atoms with Gasteiger partial charge in [0.15, 0.2) is 0 Å². The monoisotopic (exact) mass is 230 g/mol. The molecule has 1 N–H and O–H groups in total. The predicted molar refractivity (Wildman–Crippen MR) is 57.2 cm³/mol. The van der Waals surface area contributed by atoms with Crippen LogP contribution in [0.4, 0.5) is 13.2 Å². The number of fused-ring (bicyclic) bond motifs is 1. The lowest BCUT2D eigenvalue weighted by Gasteiger charge is -1.98. The molecule has 0 atom stereocenters. The van der Waals surface area contributed by atoms with Crippen molar-refractivity contribution in [3.8, 4) is 0 Å². The number of para-hydroxylation sites is 1. The summed E-state index contributed by atoms with van der Waals surface area (Å²) >= 11 is 0. The summed E-state index contributed by atoms with van der Waals surface area (Å²) in [5, 5.41) is 0. The molecular formula is C11H13F3N2. The summed E-state index contributed by atoms with van der Waals surface area (Å²) < 4.78 is 36.8. The molecule has 0 aliphatic carbocycles. The summed E-state index contributed by atoms with van der Waals surface area (Å²) in [6, 6.07) is 4.99. The van der Waals surface area contributed by atoms with E-state index in [1.54, 1.807) is 25.1 Å². The lowest BCUT2D eigenvalue weighted by atomic mass is 10.2. The van der Waals surface area contributed by atoms with Crippen LogP contribution >= 0.6 is 0 Å². The molecule has 16 heavy (non-hydrogen) atoms. The van der Waals surface area contributed by atoms with Crippen LogP contribution in [0.3, 0.4) is 0 Å². The molecule has 88 valence electrons. The van der Waals surface area contributed by atoms with E-state index < -0.39 is 12.0 Å². The van der Waals surface area contributed by atoms with Crippen molar-refractivity contribution in [2.75, 3.05) is 0 Å². The Bertz CT molecular complexity index is 472. The van der Waals surface area contributed by atoms with E-state index >= 15 is 0 Å². The van der Waals surface area contributed by atoms with Crippen LogP contribution in [0.15, 0.2) is 18.2 Å². The number of halogens is 3. The molecule has 0 spiro atoms. The maximum absolute atomic E-state index is 12.3. The molecule has 0 saturated carbocycles. The highest BCUT2D eigenvalue weighted by atomic mass is 19.4. The minimum atomic E-state index is -4.41. The Labute approximate surface area is 91.5 Å². The van der Waals surface area contributed by atoms with Crippen molar-refractivity contribution in [2.45, 2.75) is 26.9 Å². The van der Waals surface area contributed by atoms with E-state index in [-0.39, 0.29) is 0 Å². The van der Waals surface area contributed by atoms with E-state index in [4.69, 9.17) is 0 Å². The summed E-state index contributed by atoms with van der Waals surface area (Å²) in [6.07, 6.45) is -4.41. The first kappa shape index (κ1) is 12.5. The van der Waals surface area contributed by atoms with Crippen molar-refractivity contribution in [1.29, 1.82) is 0 Å². The molecule has 0 aliphatic rings. The number of alkyl halides is 3. The van der Waals surface area contributed by atoms with Gasteiger partial charge in [-0.2, -0.15) is 13.2 Å². The number of imidazole rings is 1. The molecule has 1 aromatic carbocycles. The number of benzene rings is 1. The van der Waals surface area contributed by atoms with E-state index in [1.165, 1.54) is 0 Å². The van der Waals surface area contributed by atoms with Crippen molar-refractivity contribution < 1.29 is 13.2 Å². The number of hydrogen-bond acceptors (Lipinski definition) is 1. The standard InChI is InChI=1S/C9H7F3N2.C2H6/c1-5-3-2-4-6-7(5)14-8(13-6)9(10,11)12;1-2/h2-4H,1H3,(H,13,14);1-2H3. The highest BCUT2D eigenvalue weighted by Gasteiger charge is 2.34. The number of hydrogen-bond donors (Lipinski definition) is 1. The Hall–Kier alpha value is -1.52. The number of nitrogens with zero attached hydrogens (tertiary/aromatic N) is 1. The number of nitrogens with one attached hydrogen (secondary N) is 1. The Morgan fingerprint density at radius 1 is 1.19 bits per heavy atom. The zero-order valence-corrected chi connectivity index (χ0v) is 9.31. The van der Waals surface area contributed by atoms with Crippen molar-refractivity contribution in [2.24, 2.45) is 0 Å². The van der Waals surface area contributed by atoms with Gasteiger partial charge in [-0.25, -0.2) is 4.98 Å². The average molecular weight is 230 g/mol. The highest BCUT2D eigenvalue weighted by Crippen LogP contribution is 2.29. The molecule has 0 fully saturated rings. The predicted octanol–water partition coefficient (Wildman–Crippen LogP) is 3.92. The van der Waals surface area contributed by atoms with Crippen molar-refractivity contribution in [3.63, 3.8) is 0 Å². The fourth-order valence-electron chi connectivity index (χ4n) is 1.31. The molecule has 0 amide bonds. The SMILES string of the molecule is CC.Cc1cccc2[nH]c(C(F)(F)F)nc12. The normalized spacial score (nSPS) is 11.1. The zero-order valence-electron chi connectivity index (χ0n) is 9.31. The fourth-order valence-corrected chi connectivity index (χ4v) is 1.31. The van der Waals surface area contributed by atoms with Gasteiger partial charge in [-0.15, -0.1) is 0 Å². The fraction of sp³-hybridized carbons (Fsp3) is 0.364. The second kappa shape index (κ2) is 4.55. The summed E-state index contributed by atoms with van der Waals surface area (Å²) in [4.78, 5) is 5.74. The summed E-state index contributed by atoms with van der Waals surface area (Å²) in [7, 11) is 0. The first-order chi connectivity index (χ1) is 7.48. The van der Waals surface area contributed by atoms with E-state index in [1.807, 2.05) is 13.8 Å². The van der Waals surface area contributed by atoms with Gasteiger partial charge in [0.05, 0.1) is 11.0 Å². The minimum absolute atomic E-state index is 0.375. The Balaban J connectivity index is 0.000000606. The van der Waals surface area contributed by atoms with Gasteiger partial charge >= 0.3 is 6.18 Å². The van der Waals surface area contributed by atoms with Crippen molar-refractivity contribution >= 4 is 11.0 Å². The molecule has 2 nitrogen and oxygen atoms in total. The van der Waals surface area contributed by atoms with Gasteiger partial charge in [-0.1, -0.05) is 26.0 Å². The lowest BCUT2D eigenvalue weighted by molar-refractivity contribution is -0.144. The zero-order chi connectivity index (χ0) is 12.3. The highest BCUT2D eigenvalue weighted by molar-refractivity contribution is 5.78. The van der Waals surface area contributed by atoms with E-state index in [9.17, 15) is 13.2 Å². The maximum atomic E-state index is 12.3. The van der Waals surface area contributed by atoms with E-state index in [2.05, 4.69) is 9.97 Å². The van der Waals surface area contributed by atoms with Gasteiger partial charge < -0.3 is 4.98 Å². The number of aryl methyl sites for hydroxylation is 1. The molecule has 0 radical (unpaired) electrons. The van der Waals surface area contributed by atoms with Crippen LogP contribution in [0, 0.1) is 6.92 Å². The Morgan fingerprint density at radius 3 is 2.31 bits per heavy atom. The maximum Gasteiger partial charge on any atom is 0.449 e. The summed E-state index contributed by atoms with van der Waals surface area (Å²) in [5.74, 6) is -0.943. The van der Waals surface area contributed by atoms with Crippen LogP contribution in [0.1, 0.15) is 25.2 Å². The van der Waals surface area contributed by atoms with E-state index in [0.717, 1.165) is 5.56 Å². The van der Waals surface area contributed by atoms with E-state index in [0.29, 0.717) is 11.0 Å².